The fourth-order valence-electron chi connectivity index (χ4n) is 4.94. The van der Waals surface area contributed by atoms with Crippen LogP contribution in [-0.4, -0.2) is 30.0 Å². The van der Waals surface area contributed by atoms with Gasteiger partial charge in [-0.15, -0.1) is 0 Å². The first-order chi connectivity index (χ1) is 18.0. The van der Waals surface area contributed by atoms with Gasteiger partial charge < -0.3 is 4.57 Å². The van der Waals surface area contributed by atoms with Gasteiger partial charge in [-0.1, -0.05) is 49.8 Å². The first kappa shape index (κ1) is 27.2. The Bertz CT molecular complexity index is 1580. The van der Waals surface area contributed by atoms with Gasteiger partial charge in [0, 0.05) is 18.5 Å². The molecule has 3 aromatic rings. The molecule has 3 N–H and O–H groups in total. The Hall–Kier alpha value is -3.85. The van der Waals surface area contributed by atoms with Crippen LogP contribution in [0.15, 0.2) is 83.8 Å². The maximum absolute atomic E-state index is 12.9. The number of aromatic nitrogens is 6. The zero-order chi connectivity index (χ0) is 27.6. The zero-order valence-electron chi connectivity index (χ0n) is 22.9. The molecule has 1 aliphatic rings. The number of aromatic amines is 1. The van der Waals surface area contributed by atoms with Gasteiger partial charge in [0.05, 0.1) is 19.4 Å². The fourth-order valence-corrected chi connectivity index (χ4v) is 5.19. The predicted molar refractivity (Wildman–Crippen MR) is 154 cm³/mol. The molecule has 3 heterocycles. The normalized spacial score (nSPS) is 18.8. The van der Waals surface area contributed by atoms with Gasteiger partial charge >= 0.3 is 5.95 Å². The van der Waals surface area contributed by atoms with Crippen molar-refractivity contribution in [3.63, 3.8) is 0 Å². The van der Waals surface area contributed by atoms with Gasteiger partial charge in [-0.2, -0.15) is 0 Å². The molecule has 0 radical (unpaired) electrons. The number of allylic oxidation sites excluding steroid dienone is 10. The number of hydrogen-bond donors (Lipinski definition) is 2. The molecule has 0 spiro atoms. The Morgan fingerprint density at radius 1 is 1.26 bits per heavy atom. The monoisotopic (exact) mass is 530 g/mol. The van der Waals surface area contributed by atoms with Crippen molar-refractivity contribution in [2.45, 2.75) is 53.5 Å². The van der Waals surface area contributed by atoms with Crippen molar-refractivity contribution in [1.29, 1.82) is 0 Å². The van der Waals surface area contributed by atoms with Gasteiger partial charge in [-0.3, -0.25) is 10.5 Å². The van der Waals surface area contributed by atoms with Crippen LogP contribution in [0.5, 0.6) is 0 Å². The maximum Gasteiger partial charge on any atom is 0.355 e. The molecule has 1 aliphatic carbocycles. The van der Waals surface area contributed by atoms with Gasteiger partial charge in [0.2, 0.25) is 5.65 Å². The number of H-pyrrole nitrogens is 1. The number of imidazole rings is 2. The first-order valence-corrected chi connectivity index (χ1v) is 13.1. The Morgan fingerprint density at radius 2 is 2.03 bits per heavy atom. The van der Waals surface area contributed by atoms with Crippen LogP contribution in [0.25, 0.3) is 11.2 Å². The minimum Gasteiger partial charge on any atom is -0.330 e. The van der Waals surface area contributed by atoms with Crippen molar-refractivity contribution in [2.24, 2.45) is 12.5 Å². The van der Waals surface area contributed by atoms with E-state index in [0.29, 0.717) is 27.8 Å². The van der Waals surface area contributed by atoms with Gasteiger partial charge in [0.25, 0.3) is 5.91 Å². The largest absolute Gasteiger partial charge is 0.355 e. The van der Waals surface area contributed by atoms with E-state index in [9.17, 15) is 4.79 Å². The third-order valence-electron chi connectivity index (χ3n) is 7.28. The van der Waals surface area contributed by atoms with E-state index in [4.69, 9.17) is 18.0 Å². The SMILES string of the molecule is CC1=C(/C=C/C(C)=C/C=C/C(C)=C/C(=O)n2cnc3c(=S)[n+](C)c(N)[nH]c32)C(C)(C)CCC1n1ccnc1. The average molecular weight is 531 g/mol. The van der Waals surface area contributed by atoms with Crippen LogP contribution in [0.2, 0.25) is 0 Å². The lowest BCUT2D eigenvalue weighted by molar-refractivity contribution is -0.664. The van der Waals surface area contributed by atoms with Crippen LogP contribution in [0.3, 0.4) is 0 Å². The van der Waals surface area contributed by atoms with Gasteiger partial charge in [0.1, 0.15) is 6.33 Å². The molecule has 0 saturated carbocycles. The highest BCUT2D eigenvalue weighted by Crippen LogP contribution is 2.45. The number of nitrogens with zero attached hydrogens (tertiary/aromatic N) is 5. The smallest absolute Gasteiger partial charge is 0.330 e. The molecule has 8 nitrogen and oxygen atoms in total. The highest BCUT2D eigenvalue weighted by Gasteiger charge is 2.32. The van der Waals surface area contributed by atoms with E-state index < -0.39 is 0 Å². The molecule has 0 fully saturated rings. The van der Waals surface area contributed by atoms with E-state index in [-0.39, 0.29) is 11.3 Å². The molecule has 0 amide bonds. The lowest BCUT2D eigenvalue weighted by atomic mass is 9.71. The molecular weight excluding hydrogens is 494 g/mol. The summed E-state index contributed by atoms with van der Waals surface area (Å²) in [6, 6.07) is 0.349. The number of nitrogen functional groups attached to an aromatic ring is 1. The fraction of sp³-hybridized carbons (Fsp3) is 0.345. The first-order valence-electron chi connectivity index (χ1n) is 12.7. The lowest BCUT2D eigenvalue weighted by Crippen LogP contribution is -2.35. The molecule has 1 unspecified atom stereocenters. The summed E-state index contributed by atoms with van der Waals surface area (Å²) in [5, 5.41) is 0. The highest BCUT2D eigenvalue weighted by atomic mass is 32.1. The summed E-state index contributed by atoms with van der Waals surface area (Å²) in [6.45, 7) is 10.8. The van der Waals surface area contributed by atoms with Crippen molar-refractivity contribution in [3.05, 3.63) is 88.4 Å². The van der Waals surface area contributed by atoms with Crippen molar-refractivity contribution >= 4 is 35.2 Å². The van der Waals surface area contributed by atoms with E-state index in [0.717, 1.165) is 24.0 Å². The van der Waals surface area contributed by atoms with E-state index in [2.05, 4.69) is 59.4 Å². The minimum absolute atomic E-state index is 0.121. The summed E-state index contributed by atoms with van der Waals surface area (Å²) in [7, 11) is 1.75. The molecule has 0 aliphatic heterocycles. The average Bonchev–Trinajstić information content (AvgIpc) is 3.53. The van der Waals surface area contributed by atoms with Crippen LogP contribution in [0.1, 0.15) is 58.3 Å². The van der Waals surface area contributed by atoms with E-state index >= 15 is 0 Å². The van der Waals surface area contributed by atoms with Gasteiger partial charge in [-0.25, -0.2) is 24.1 Å². The molecule has 1 atom stereocenters. The summed E-state index contributed by atoms with van der Waals surface area (Å²) >= 11 is 5.39. The van der Waals surface area contributed by atoms with Crippen LogP contribution >= 0.6 is 12.2 Å². The number of fused-ring (bicyclic) bond motifs is 1. The third kappa shape index (κ3) is 5.52. The number of rotatable bonds is 6. The summed E-state index contributed by atoms with van der Waals surface area (Å²) in [5.41, 5.74) is 11.8. The predicted octanol–water partition coefficient (Wildman–Crippen LogP) is 5.72. The Labute approximate surface area is 228 Å². The van der Waals surface area contributed by atoms with Gasteiger partial charge in [-0.05, 0) is 68.0 Å². The standard InChI is InChI=1S/C29H35N7OS/c1-19(10-11-22-21(3)23(12-13-29(22,4)5)35-15-14-31-17-35)8-7-9-20(2)16-24(37)36-18-32-25-26(36)33-28(30)34(6)27(25)38/h7-11,14-18,23H,12-13H2,1-6H3,(H2,30,33,38)/p+1/b9-7+,11-10+,19-8+,20-16+. The highest BCUT2D eigenvalue weighted by molar-refractivity contribution is 7.71. The van der Waals surface area contributed by atoms with Gasteiger partial charge in [0.15, 0.2) is 10.2 Å². The molecule has 4 rings (SSSR count). The van der Waals surface area contributed by atoms with Crippen LogP contribution in [0.4, 0.5) is 5.95 Å². The van der Waals surface area contributed by atoms with Crippen LogP contribution in [0, 0.1) is 10.1 Å². The molecule has 0 bridgehead atoms. The molecule has 198 valence electrons. The number of carbonyl (C=O) groups excluding carboxylic acids is 1. The quantitative estimate of drug-likeness (QED) is 0.184. The zero-order valence-corrected chi connectivity index (χ0v) is 23.7. The number of anilines is 1. The summed E-state index contributed by atoms with van der Waals surface area (Å²) in [5.74, 6) is 0.120. The molecule has 3 aromatic heterocycles. The number of nitrogens with one attached hydrogen (secondary N) is 1. The maximum atomic E-state index is 12.9. The third-order valence-corrected chi connectivity index (χ3v) is 7.75. The minimum atomic E-state index is -0.233. The molecule has 0 saturated heterocycles. The Morgan fingerprint density at radius 3 is 2.74 bits per heavy atom. The van der Waals surface area contributed by atoms with Crippen molar-refractivity contribution < 1.29 is 9.36 Å². The molecule has 0 aromatic carbocycles. The van der Waals surface area contributed by atoms with Crippen molar-refractivity contribution in [3.8, 4) is 0 Å². The van der Waals surface area contributed by atoms with Crippen LogP contribution in [-0.2, 0) is 7.05 Å². The van der Waals surface area contributed by atoms with Crippen molar-refractivity contribution in [1.82, 2.24) is 24.1 Å². The number of hydrogen-bond acceptors (Lipinski definition) is 5. The molecule has 38 heavy (non-hydrogen) atoms. The second-order valence-electron chi connectivity index (χ2n) is 10.6. The topological polar surface area (TPSA) is 98.4 Å². The number of carbonyl (C=O) groups is 1. The van der Waals surface area contributed by atoms with E-state index in [1.807, 2.05) is 43.9 Å². The Kier molecular flexibility index (Phi) is 7.78. The lowest BCUT2D eigenvalue weighted by Gasteiger charge is -2.37. The summed E-state index contributed by atoms with van der Waals surface area (Å²) in [6.07, 6.45) is 21.4. The number of nitrogens with two attached hydrogens (primary N) is 1. The van der Waals surface area contributed by atoms with E-state index in [1.165, 1.54) is 22.0 Å². The summed E-state index contributed by atoms with van der Waals surface area (Å²) < 4.78 is 5.71. The van der Waals surface area contributed by atoms with Crippen molar-refractivity contribution in [2.75, 3.05) is 5.73 Å². The Balaban J connectivity index is 1.49. The second kappa shape index (κ2) is 10.9. The summed E-state index contributed by atoms with van der Waals surface area (Å²) in [4.78, 5) is 24.4. The second-order valence-corrected chi connectivity index (χ2v) is 10.9. The van der Waals surface area contributed by atoms with Crippen LogP contribution < -0.4 is 10.3 Å². The molecule has 9 heteroatoms. The van der Waals surface area contributed by atoms with E-state index in [1.54, 1.807) is 17.7 Å². The molecular formula is C29H36N7OS+.